The van der Waals surface area contributed by atoms with E-state index in [1.54, 1.807) is 24.2 Å². The van der Waals surface area contributed by atoms with E-state index in [2.05, 4.69) is 31.0 Å². The van der Waals surface area contributed by atoms with Crippen LogP contribution in [0.25, 0.3) is 0 Å². The first-order chi connectivity index (χ1) is 9.84. The quantitative estimate of drug-likeness (QED) is 0.867. The Morgan fingerprint density at radius 3 is 2.67 bits per heavy atom. The number of carbonyl (C=O) groups excluding carboxylic acids is 1. The van der Waals surface area contributed by atoms with Crippen molar-refractivity contribution in [3.05, 3.63) is 35.5 Å². The van der Waals surface area contributed by atoms with Crippen LogP contribution < -0.4 is 0 Å². The molecule has 2 rings (SSSR count). The number of carbonyl (C=O) groups is 1. The summed E-state index contributed by atoms with van der Waals surface area (Å²) < 4.78 is 6.71. The van der Waals surface area contributed by atoms with E-state index in [9.17, 15) is 4.79 Å². The van der Waals surface area contributed by atoms with Gasteiger partial charge < -0.3 is 9.42 Å². The highest BCUT2D eigenvalue weighted by Gasteiger charge is 2.24. The van der Waals surface area contributed by atoms with E-state index in [1.165, 1.54) is 6.26 Å². The predicted molar refractivity (Wildman–Crippen MR) is 78.9 cm³/mol. The van der Waals surface area contributed by atoms with Crippen LogP contribution in [0.2, 0.25) is 0 Å². The zero-order valence-corrected chi connectivity index (χ0v) is 13.3. The predicted octanol–water partition coefficient (Wildman–Crippen LogP) is 2.46. The summed E-state index contributed by atoms with van der Waals surface area (Å²) in [6.45, 7) is 8.68. The number of aromatic nitrogens is 3. The molecule has 21 heavy (non-hydrogen) atoms. The van der Waals surface area contributed by atoms with Gasteiger partial charge in [-0.2, -0.15) is 5.10 Å². The Labute approximate surface area is 124 Å². The molecule has 0 radical (unpaired) electrons. The molecule has 0 aliphatic carbocycles. The summed E-state index contributed by atoms with van der Waals surface area (Å²) in [6.07, 6.45) is 3.92. The Kier molecular flexibility index (Phi) is 4.16. The molecule has 0 spiro atoms. The maximum Gasteiger partial charge on any atom is 0.257 e. The third-order valence-electron chi connectivity index (χ3n) is 3.31. The minimum Gasteiger partial charge on any atom is -0.364 e. The highest BCUT2D eigenvalue weighted by Crippen LogP contribution is 2.21. The van der Waals surface area contributed by atoms with Gasteiger partial charge in [0.25, 0.3) is 5.91 Å². The van der Waals surface area contributed by atoms with Gasteiger partial charge in [0, 0.05) is 13.1 Å². The molecule has 0 aromatic carbocycles. The SMILES string of the molecule is CCc1c(C(=O)N(C)Cc2ccon2)cnn1C(C)(C)C. The third kappa shape index (κ3) is 3.15. The zero-order chi connectivity index (χ0) is 15.6. The summed E-state index contributed by atoms with van der Waals surface area (Å²) in [7, 11) is 1.75. The first-order valence-corrected chi connectivity index (χ1v) is 7.06. The summed E-state index contributed by atoms with van der Waals surface area (Å²) in [5.41, 5.74) is 2.19. The second-order valence-corrected chi connectivity index (χ2v) is 6.09. The van der Waals surface area contributed by atoms with Gasteiger partial charge in [-0.15, -0.1) is 0 Å². The van der Waals surface area contributed by atoms with Crippen molar-refractivity contribution in [2.75, 3.05) is 7.05 Å². The Morgan fingerprint density at radius 2 is 2.14 bits per heavy atom. The van der Waals surface area contributed by atoms with Crippen LogP contribution in [0.4, 0.5) is 0 Å². The Morgan fingerprint density at radius 1 is 1.43 bits per heavy atom. The van der Waals surface area contributed by atoms with Gasteiger partial charge in [0.2, 0.25) is 0 Å². The maximum atomic E-state index is 12.6. The molecule has 0 aliphatic rings. The fourth-order valence-electron chi connectivity index (χ4n) is 2.31. The molecule has 0 bridgehead atoms. The van der Waals surface area contributed by atoms with Crippen LogP contribution in [0.3, 0.4) is 0 Å². The number of amides is 1. The van der Waals surface area contributed by atoms with Crippen molar-refractivity contribution in [3.8, 4) is 0 Å². The summed E-state index contributed by atoms with van der Waals surface area (Å²) >= 11 is 0. The van der Waals surface area contributed by atoms with Crippen LogP contribution in [-0.4, -0.2) is 32.8 Å². The van der Waals surface area contributed by atoms with Crippen LogP contribution in [0.1, 0.15) is 49.4 Å². The first-order valence-electron chi connectivity index (χ1n) is 7.06. The molecule has 0 atom stereocenters. The molecule has 6 nitrogen and oxygen atoms in total. The van der Waals surface area contributed by atoms with Crippen LogP contribution in [0, 0.1) is 0 Å². The summed E-state index contributed by atoms with van der Waals surface area (Å²) in [5, 5.41) is 8.22. The molecule has 0 saturated heterocycles. The smallest absolute Gasteiger partial charge is 0.257 e. The average molecular weight is 290 g/mol. The Hall–Kier alpha value is -2.11. The van der Waals surface area contributed by atoms with Gasteiger partial charge in [0.15, 0.2) is 0 Å². The average Bonchev–Trinajstić information content (AvgIpc) is 3.04. The van der Waals surface area contributed by atoms with Crippen LogP contribution in [0.15, 0.2) is 23.0 Å². The van der Waals surface area contributed by atoms with Crippen molar-refractivity contribution in [2.45, 2.75) is 46.2 Å². The van der Waals surface area contributed by atoms with E-state index < -0.39 is 0 Å². The van der Waals surface area contributed by atoms with Gasteiger partial charge in [0.05, 0.1) is 29.5 Å². The van der Waals surface area contributed by atoms with Crippen molar-refractivity contribution in [1.29, 1.82) is 0 Å². The topological polar surface area (TPSA) is 64.2 Å². The van der Waals surface area contributed by atoms with Gasteiger partial charge in [-0.1, -0.05) is 12.1 Å². The van der Waals surface area contributed by atoms with E-state index in [0.29, 0.717) is 12.1 Å². The van der Waals surface area contributed by atoms with Crippen LogP contribution >= 0.6 is 0 Å². The lowest BCUT2D eigenvalue weighted by molar-refractivity contribution is 0.0780. The minimum absolute atomic E-state index is 0.0506. The highest BCUT2D eigenvalue weighted by atomic mass is 16.5. The fourth-order valence-corrected chi connectivity index (χ4v) is 2.31. The molecule has 2 heterocycles. The molecule has 2 aromatic heterocycles. The largest absolute Gasteiger partial charge is 0.364 e. The second kappa shape index (κ2) is 5.71. The third-order valence-corrected chi connectivity index (χ3v) is 3.31. The standard InChI is InChI=1S/C15H22N4O2/c1-6-13-12(9-16-19(13)15(2,3)4)14(20)18(5)10-11-7-8-21-17-11/h7-9H,6,10H2,1-5H3. The molecule has 0 unspecified atom stereocenters. The molecule has 0 N–H and O–H groups in total. The van der Waals surface area contributed by atoms with E-state index in [1.807, 2.05) is 11.6 Å². The lowest BCUT2D eigenvalue weighted by atomic mass is 10.1. The van der Waals surface area contributed by atoms with Crippen molar-refractivity contribution in [1.82, 2.24) is 19.8 Å². The monoisotopic (exact) mass is 290 g/mol. The van der Waals surface area contributed by atoms with E-state index >= 15 is 0 Å². The fraction of sp³-hybridized carbons (Fsp3) is 0.533. The van der Waals surface area contributed by atoms with Gasteiger partial charge in [-0.25, -0.2) is 0 Å². The van der Waals surface area contributed by atoms with E-state index in [4.69, 9.17) is 4.52 Å². The number of hydrogen-bond acceptors (Lipinski definition) is 4. The molecule has 6 heteroatoms. The molecular weight excluding hydrogens is 268 g/mol. The van der Waals surface area contributed by atoms with Crippen LogP contribution in [-0.2, 0) is 18.5 Å². The molecule has 1 amide bonds. The number of hydrogen-bond donors (Lipinski definition) is 0. The van der Waals surface area contributed by atoms with Crippen LogP contribution in [0.5, 0.6) is 0 Å². The molecule has 114 valence electrons. The van der Waals surface area contributed by atoms with Crippen molar-refractivity contribution >= 4 is 5.91 Å². The Balaban J connectivity index is 2.25. The molecule has 0 aliphatic heterocycles. The molecular formula is C15H22N4O2. The summed E-state index contributed by atoms with van der Waals surface area (Å²) in [4.78, 5) is 14.2. The minimum atomic E-state index is -0.144. The summed E-state index contributed by atoms with van der Waals surface area (Å²) in [6, 6.07) is 1.75. The zero-order valence-electron chi connectivity index (χ0n) is 13.3. The van der Waals surface area contributed by atoms with Gasteiger partial charge in [0.1, 0.15) is 12.0 Å². The normalized spacial score (nSPS) is 11.7. The van der Waals surface area contributed by atoms with Crippen molar-refractivity contribution in [3.63, 3.8) is 0 Å². The number of nitrogens with zero attached hydrogens (tertiary/aromatic N) is 4. The Bertz CT molecular complexity index is 608. The van der Waals surface area contributed by atoms with E-state index in [0.717, 1.165) is 17.8 Å². The molecule has 0 saturated carbocycles. The van der Waals surface area contributed by atoms with Gasteiger partial charge in [-0.05, 0) is 27.2 Å². The lowest BCUT2D eigenvalue weighted by Crippen LogP contribution is -2.29. The summed E-state index contributed by atoms with van der Waals surface area (Å²) in [5.74, 6) is -0.0506. The number of rotatable bonds is 4. The molecule has 0 fully saturated rings. The molecule has 2 aromatic rings. The second-order valence-electron chi connectivity index (χ2n) is 6.09. The highest BCUT2D eigenvalue weighted by molar-refractivity contribution is 5.95. The van der Waals surface area contributed by atoms with E-state index in [-0.39, 0.29) is 11.4 Å². The van der Waals surface area contributed by atoms with Gasteiger partial charge >= 0.3 is 0 Å². The van der Waals surface area contributed by atoms with Crippen molar-refractivity contribution in [2.24, 2.45) is 0 Å². The van der Waals surface area contributed by atoms with Crippen molar-refractivity contribution < 1.29 is 9.32 Å². The maximum absolute atomic E-state index is 12.6. The van der Waals surface area contributed by atoms with Gasteiger partial charge in [-0.3, -0.25) is 9.48 Å². The lowest BCUT2D eigenvalue weighted by Gasteiger charge is -2.23. The first kappa shape index (κ1) is 15.3.